The summed E-state index contributed by atoms with van der Waals surface area (Å²) in [6, 6.07) is 7.27. The first kappa shape index (κ1) is 20.6. The van der Waals surface area contributed by atoms with E-state index in [1.807, 2.05) is 12.1 Å². The number of hydrogen-bond donors (Lipinski definition) is 1. The summed E-state index contributed by atoms with van der Waals surface area (Å²) >= 11 is 0. The highest BCUT2D eigenvalue weighted by atomic mass is 16.5. The van der Waals surface area contributed by atoms with Crippen LogP contribution in [-0.4, -0.2) is 48.6 Å². The van der Waals surface area contributed by atoms with Gasteiger partial charge >= 0.3 is 0 Å². The fraction of sp³-hybridized carbons (Fsp3) is 0.429. The number of ether oxygens (including phenoxy) is 1. The van der Waals surface area contributed by atoms with Crippen molar-refractivity contribution in [2.24, 2.45) is 0 Å². The third-order valence-corrected chi connectivity index (χ3v) is 4.87. The van der Waals surface area contributed by atoms with Crippen LogP contribution in [-0.2, 0) is 9.53 Å². The molecule has 0 bridgehead atoms. The van der Waals surface area contributed by atoms with Crippen molar-refractivity contribution in [3.05, 3.63) is 45.9 Å². The van der Waals surface area contributed by atoms with Crippen LogP contribution in [0.2, 0.25) is 0 Å². The highest BCUT2D eigenvalue weighted by Crippen LogP contribution is 2.22. The van der Waals surface area contributed by atoms with Gasteiger partial charge in [-0.25, -0.2) is 4.98 Å². The Morgan fingerprint density at radius 2 is 2.14 bits per heavy atom. The number of piperidine rings is 1. The number of anilines is 1. The summed E-state index contributed by atoms with van der Waals surface area (Å²) < 4.78 is 6.39. The lowest BCUT2D eigenvalue weighted by molar-refractivity contribution is -0.117. The zero-order valence-electron chi connectivity index (χ0n) is 16.6. The summed E-state index contributed by atoms with van der Waals surface area (Å²) in [5, 5.41) is 12.2. The highest BCUT2D eigenvalue weighted by Gasteiger charge is 2.21. The smallest absolute Gasteiger partial charge is 0.267 e. The van der Waals surface area contributed by atoms with Crippen molar-refractivity contribution in [2.45, 2.75) is 25.7 Å². The average Bonchev–Trinajstić information content (AvgIpc) is 2.76. The van der Waals surface area contributed by atoms with Crippen molar-refractivity contribution in [3.8, 4) is 6.07 Å². The normalized spacial score (nSPS) is 14.6. The summed E-state index contributed by atoms with van der Waals surface area (Å²) in [5.41, 5.74) is 0.392. The SMILES string of the molecule is COCCCNC(=O)/C(C#N)=C/c1c(N2CCCCC2)nc2ccccn2c1=O. The van der Waals surface area contributed by atoms with Crippen LogP contribution in [0.3, 0.4) is 0 Å². The van der Waals surface area contributed by atoms with Crippen LogP contribution in [0.4, 0.5) is 5.82 Å². The molecular weight excluding hydrogens is 370 g/mol. The molecule has 0 saturated carbocycles. The summed E-state index contributed by atoms with van der Waals surface area (Å²) in [6.07, 6.45) is 6.82. The zero-order chi connectivity index (χ0) is 20.6. The van der Waals surface area contributed by atoms with Crippen LogP contribution in [0.25, 0.3) is 11.7 Å². The number of carbonyl (C=O) groups is 1. The highest BCUT2D eigenvalue weighted by molar-refractivity contribution is 6.02. The van der Waals surface area contributed by atoms with Crippen LogP contribution >= 0.6 is 0 Å². The first-order valence-electron chi connectivity index (χ1n) is 9.81. The molecule has 1 aliphatic heterocycles. The van der Waals surface area contributed by atoms with E-state index < -0.39 is 5.91 Å². The van der Waals surface area contributed by atoms with Gasteiger partial charge in [-0.2, -0.15) is 5.26 Å². The van der Waals surface area contributed by atoms with Crippen LogP contribution in [0.15, 0.2) is 34.8 Å². The Labute approximate surface area is 169 Å². The number of rotatable bonds is 7. The number of amides is 1. The lowest BCUT2D eigenvalue weighted by atomic mass is 10.1. The summed E-state index contributed by atoms with van der Waals surface area (Å²) in [6.45, 7) is 2.49. The number of nitrogens with zero attached hydrogens (tertiary/aromatic N) is 4. The van der Waals surface area contributed by atoms with Gasteiger partial charge in [-0.3, -0.25) is 14.0 Å². The quantitative estimate of drug-likeness (QED) is 0.436. The number of nitrogens with one attached hydrogen (secondary N) is 1. The predicted octanol–water partition coefficient (Wildman–Crippen LogP) is 1.74. The van der Waals surface area contributed by atoms with E-state index in [4.69, 9.17) is 4.74 Å². The van der Waals surface area contributed by atoms with Gasteiger partial charge in [0.05, 0.1) is 5.56 Å². The molecule has 3 rings (SSSR count). The fourth-order valence-corrected chi connectivity index (χ4v) is 3.37. The molecular formula is C21H25N5O3. The van der Waals surface area contributed by atoms with Crippen molar-refractivity contribution in [1.29, 1.82) is 5.26 Å². The molecule has 1 fully saturated rings. The first-order valence-corrected chi connectivity index (χ1v) is 9.81. The first-order chi connectivity index (χ1) is 14.2. The third-order valence-electron chi connectivity index (χ3n) is 4.87. The second kappa shape index (κ2) is 9.85. The summed E-state index contributed by atoms with van der Waals surface area (Å²) in [5.74, 6) is 0.0200. The van der Waals surface area contributed by atoms with Crippen LogP contribution in [0.1, 0.15) is 31.2 Å². The van der Waals surface area contributed by atoms with Gasteiger partial charge in [0.1, 0.15) is 23.1 Å². The number of fused-ring (bicyclic) bond motifs is 1. The Hall–Kier alpha value is -3.18. The second-order valence-corrected chi connectivity index (χ2v) is 6.90. The molecule has 1 amide bonds. The van der Waals surface area contributed by atoms with Gasteiger partial charge in [0.15, 0.2) is 0 Å². The number of aromatic nitrogens is 2. The molecule has 0 aliphatic carbocycles. The Morgan fingerprint density at radius 1 is 1.34 bits per heavy atom. The van der Waals surface area contributed by atoms with E-state index in [9.17, 15) is 14.9 Å². The number of carbonyl (C=O) groups excluding carboxylic acids is 1. The molecule has 0 aromatic carbocycles. The zero-order valence-corrected chi connectivity index (χ0v) is 16.6. The predicted molar refractivity (Wildman–Crippen MR) is 111 cm³/mol. The molecule has 2 aromatic heterocycles. The molecule has 2 aromatic rings. The van der Waals surface area contributed by atoms with E-state index in [1.165, 1.54) is 10.5 Å². The topological polar surface area (TPSA) is 99.7 Å². The molecule has 1 saturated heterocycles. The van der Waals surface area contributed by atoms with E-state index >= 15 is 0 Å². The maximum atomic E-state index is 13.2. The number of hydrogen-bond acceptors (Lipinski definition) is 6. The molecule has 0 unspecified atom stereocenters. The lowest BCUT2D eigenvalue weighted by Crippen LogP contribution is -2.34. The average molecular weight is 395 g/mol. The van der Waals surface area contributed by atoms with Crippen LogP contribution in [0.5, 0.6) is 0 Å². The van der Waals surface area contributed by atoms with Gasteiger partial charge in [-0.1, -0.05) is 6.07 Å². The largest absolute Gasteiger partial charge is 0.385 e. The Kier molecular flexibility index (Phi) is 6.98. The maximum absolute atomic E-state index is 13.2. The van der Waals surface area contributed by atoms with Crippen LogP contribution in [0, 0.1) is 11.3 Å². The van der Waals surface area contributed by atoms with E-state index in [2.05, 4.69) is 15.2 Å². The van der Waals surface area contributed by atoms with E-state index in [1.54, 1.807) is 25.4 Å². The van der Waals surface area contributed by atoms with E-state index in [-0.39, 0.29) is 16.7 Å². The van der Waals surface area contributed by atoms with Crippen LogP contribution < -0.4 is 15.8 Å². The Morgan fingerprint density at radius 3 is 2.86 bits per heavy atom. The van der Waals surface area contributed by atoms with Gasteiger partial charge < -0.3 is 15.0 Å². The summed E-state index contributed by atoms with van der Waals surface area (Å²) in [7, 11) is 1.59. The molecule has 8 heteroatoms. The molecule has 8 nitrogen and oxygen atoms in total. The van der Waals surface area contributed by atoms with E-state index in [0.29, 0.717) is 31.0 Å². The molecule has 3 heterocycles. The van der Waals surface area contributed by atoms with Gasteiger partial charge in [-0.05, 0) is 43.9 Å². The standard InChI is InChI=1S/C21H25N5O3/c1-29-13-7-9-23-20(27)16(15-22)14-17-19(25-10-4-2-5-11-25)24-18-8-3-6-12-26(18)21(17)28/h3,6,8,12,14H,2,4-5,7,9-11,13H2,1H3,(H,23,27)/b16-14+. The van der Waals surface area contributed by atoms with Gasteiger partial charge in [-0.15, -0.1) is 0 Å². The molecule has 1 N–H and O–H groups in total. The van der Waals surface area contributed by atoms with Crippen molar-refractivity contribution >= 4 is 23.4 Å². The molecule has 0 spiro atoms. The lowest BCUT2D eigenvalue weighted by Gasteiger charge is -2.29. The number of nitriles is 1. The summed E-state index contributed by atoms with van der Waals surface area (Å²) in [4.78, 5) is 32.3. The monoisotopic (exact) mass is 395 g/mol. The van der Waals surface area contributed by atoms with Crippen molar-refractivity contribution in [1.82, 2.24) is 14.7 Å². The molecule has 0 atom stereocenters. The second-order valence-electron chi connectivity index (χ2n) is 6.90. The Balaban J connectivity index is 2.02. The van der Waals surface area contributed by atoms with Gasteiger partial charge in [0.2, 0.25) is 0 Å². The van der Waals surface area contributed by atoms with Crippen molar-refractivity contribution in [3.63, 3.8) is 0 Å². The fourth-order valence-electron chi connectivity index (χ4n) is 3.37. The van der Waals surface area contributed by atoms with Gasteiger partial charge in [0.25, 0.3) is 11.5 Å². The van der Waals surface area contributed by atoms with Gasteiger partial charge in [0, 0.05) is 39.5 Å². The minimum absolute atomic E-state index is 0.115. The van der Waals surface area contributed by atoms with Crippen molar-refractivity contribution < 1.29 is 9.53 Å². The maximum Gasteiger partial charge on any atom is 0.267 e. The molecule has 1 aliphatic rings. The number of pyridine rings is 1. The van der Waals surface area contributed by atoms with E-state index in [0.717, 1.165) is 32.4 Å². The van der Waals surface area contributed by atoms with Crippen molar-refractivity contribution in [2.75, 3.05) is 38.3 Å². The molecule has 152 valence electrons. The Bertz CT molecular complexity index is 1000. The number of methoxy groups -OCH3 is 1. The third kappa shape index (κ3) is 4.81. The molecule has 0 radical (unpaired) electrons. The minimum atomic E-state index is -0.509. The minimum Gasteiger partial charge on any atom is -0.385 e. The molecule has 29 heavy (non-hydrogen) atoms.